The summed E-state index contributed by atoms with van der Waals surface area (Å²) >= 11 is 0. The highest BCUT2D eigenvalue weighted by Crippen LogP contribution is 2.35. The number of unbranched alkanes of at least 4 members (excludes halogenated alkanes) is 1. The molecule has 0 aromatic carbocycles. The maximum atomic E-state index is 12.3. The lowest BCUT2D eigenvalue weighted by atomic mass is 9.78. The Bertz CT molecular complexity index is 425. The zero-order chi connectivity index (χ0) is 17.4. The topological polar surface area (TPSA) is 63.6 Å². The normalized spacial score (nSPS) is 26.0. The molecule has 24 heavy (non-hydrogen) atoms. The van der Waals surface area contributed by atoms with Gasteiger partial charge in [-0.3, -0.25) is 9.59 Å². The van der Waals surface area contributed by atoms with Crippen LogP contribution in [-0.4, -0.2) is 23.1 Å². The van der Waals surface area contributed by atoms with Gasteiger partial charge in [0.25, 0.3) is 0 Å². The van der Waals surface area contributed by atoms with Gasteiger partial charge in [0, 0.05) is 0 Å². The Morgan fingerprint density at radius 2 is 1.88 bits per heavy atom. The van der Waals surface area contributed by atoms with Gasteiger partial charge in [-0.05, 0) is 63.2 Å². The van der Waals surface area contributed by atoms with Crippen molar-refractivity contribution in [1.29, 1.82) is 0 Å². The zero-order valence-corrected chi connectivity index (χ0v) is 14.8. The number of carbonyl (C=O) groups excluding carboxylic acids is 1. The van der Waals surface area contributed by atoms with Crippen LogP contribution >= 0.6 is 0 Å². The summed E-state index contributed by atoms with van der Waals surface area (Å²) in [6.45, 7) is 3.74. The van der Waals surface area contributed by atoms with Crippen molar-refractivity contribution in [1.82, 2.24) is 0 Å². The molecule has 0 unspecified atom stereocenters. The minimum absolute atomic E-state index is 0.0110. The first kappa shape index (κ1) is 19.0. The molecule has 2 aliphatic carbocycles. The molecule has 0 spiro atoms. The maximum absolute atomic E-state index is 12.3. The Morgan fingerprint density at radius 1 is 1.12 bits per heavy atom. The SMILES string of the molecule is C=CCCC[C@@H]1CCC[C@H]1OC(=O)C[C@H](C(=O)O)C1CCCCC1. The van der Waals surface area contributed by atoms with Gasteiger partial charge in [0.2, 0.25) is 0 Å². The molecule has 3 atom stereocenters. The summed E-state index contributed by atoms with van der Waals surface area (Å²) in [5.41, 5.74) is 0. The summed E-state index contributed by atoms with van der Waals surface area (Å²) in [6, 6.07) is 0. The third-order valence-electron chi connectivity index (χ3n) is 5.78. The molecule has 0 saturated heterocycles. The number of esters is 1. The minimum atomic E-state index is -0.840. The first-order valence-corrected chi connectivity index (χ1v) is 9.65. The van der Waals surface area contributed by atoms with Crippen molar-refractivity contribution in [2.45, 2.75) is 83.2 Å². The second-order valence-electron chi connectivity index (χ2n) is 7.49. The molecule has 0 radical (unpaired) electrons. The minimum Gasteiger partial charge on any atom is -0.481 e. The van der Waals surface area contributed by atoms with E-state index in [1.54, 1.807) is 0 Å². The maximum Gasteiger partial charge on any atom is 0.307 e. The van der Waals surface area contributed by atoms with Crippen LogP contribution in [0.1, 0.15) is 77.0 Å². The van der Waals surface area contributed by atoms with Gasteiger partial charge in [-0.2, -0.15) is 0 Å². The van der Waals surface area contributed by atoms with Crippen LogP contribution in [-0.2, 0) is 14.3 Å². The number of carbonyl (C=O) groups is 2. The van der Waals surface area contributed by atoms with E-state index in [-0.39, 0.29) is 24.4 Å². The molecule has 2 aliphatic rings. The summed E-state index contributed by atoms with van der Waals surface area (Å²) in [7, 11) is 0. The summed E-state index contributed by atoms with van der Waals surface area (Å²) in [6.07, 6.45) is 13.4. The Labute approximate surface area is 145 Å². The molecule has 0 heterocycles. The number of hydrogen-bond donors (Lipinski definition) is 1. The summed E-state index contributed by atoms with van der Waals surface area (Å²) in [5.74, 6) is -1.15. The molecular formula is C20H32O4. The lowest BCUT2D eigenvalue weighted by Crippen LogP contribution is -2.30. The van der Waals surface area contributed by atoms with Crippen molar-refractivity contribution in [2.75, 3.05) is 0 Å². The Kier molecular flexibility index (Phi) is 7.80. The molecule has 0 bridgehead atoms. The van der Waals surface area contributed by atoms with E-state index in [2.05, 4.69) is 6.58 Å². The molecule has 2 fully saturated rings. The lowest BCUT2D eigenvalue weighted by Gasteiger charge is -2.27. The molecule has 1 N–H and O–H groups in total. The van der Waals surface area contributed by atoms with E-state index in [1.165, 1.54) is 6.42 Å². The van der Waals surface area contributed by atoms with Crippen molar-refractivity contribution in [3.63, 3.8) is 0 Å². The third kappa shape index (κ3) is 5.64. The molecule has 2 saturated carbocycles. The van der Waals surface area contributed by atoms with Crippen LogP contribution < -0.4 is 0 Å². The first-order chi connectivity index (χ1) is 11.6. The van der Waals surface area contributed by atoms with E-state index in [1.807, 2.05) is 6.08 Å². The smallest absolute Gasteiger partial charge is 0.307 e. The molecule has 4 heteroatoms. The van der Waals surface area contributed by atoms with Gasteiger partial charge >= 0.3 is 11.9 Å². The van der Waals surface area contributed by atoms with Crippen molar-refractivity contribution < 1.29 is 19.4 Å². The molecule has 2 rings (SSSR count). The van der Waals surface area contributed by atoms with E-state index in [4.69, 9.17) is 4.74 Å². The van der Waals surface area contributed by atoms with E-state index >= 15 is 0 Å². The number of rotatable bonds is 9. The van der Waals surface area contributed by atoms with Crippen LogP contribution in [0.15, 0.2) is 12.7 Å². The number of carboxylic acid groups (broad SMARTS) is 1. The molecule has 4 nitrogen and oxygen atoms in total. The molecular weight excluding hydrogens is 304 g/mol. The average Bonchev–Trinajstić information content (AvgIpc) is 3.00. The van der Waals surface area contributed by atoms with Crippen LogP contribution in [0.25, 0.3) is 0 Å². The van der Waals surface area contributed by atoms with E-state index in [9.17, 15) is 14.7 Å². The fourth-order valence-corrected chi connectivity index (χ4v) is 4.40. The zero-order valence-electron chi connectivity index (χ0n) is 14.8. The van der Waals surface area contributed by atoms with Gasteiger partial charge in [-0.25, -0.2) is 0 Å². The Balaban J connectivity index is 1.83. The Morgan fingerprint density at radius 3 is 2.54 bits per heavy atom. The largest absolute Gasteiger partial charge is 0.481 e. The van der Waals surface area contributed by atoms with E-state index in [0.29, 0.717) is 5.92 Å². The van der Waals surface area contributed by atoms with Gasteiger partial charge in [0.05, 0.1) is 12.3 Å². The van der Waals surface area contributed by atoms with E-state index < -0.39 is 11.9 Å². The monoisotopic (exact) mass is 336 g/mol. The fraction of sp³-hybridized carbons (Fsp3) is 0.800. The second kappa shape index (κ2) is 9.85. The summed E-state index contributed by atoms with van der Waals surface area (Å²) < 4.78 is 5.70. The van der Waals surface area contributed by atoms with Crippen LogP contribution in [0, 0.1) is 17.8 Å². The number of aliphatic carboxylic acids is 1. The summed E-state index contributed by atoms with van der Waals surface area (Å²) in [5, 5.41) is 9.51. The van der Waals surface area contributed by atoms with Crippen LogP contribution in [0.4, 0.5) is 0 Å². The number of allylic oxidation sites excluding steroid dienone is 1. The Hall–Kier alpha value is -1.32. The average molecular weight is 336 g/mol. The van der Waals surface area contributed by atoms with Crippen molar-refractivity contribution >= 4 is 11.9 Å². The fourth-order valence-electron chi connectivity index (χ4n) is 4.40. The van der Waals surface area contributed by atoms with Crippen molar-refractivity contribution in [3.05, 3.63) is 12.7 Å². The van der Waals surface area contributed by atoms with Crippen LogP contribution in [0.5, 0.6) is 0 Å². The first-order valence-electron chi connectivity index (χ1n) is 9.65. The lowest BCUT2D eigenvalue weighted by molar-refractivity contribution is -0.158. The van der Waals surface area contributed by atoms with Crippen molar-refractivity contribution in [3.8, 4) is 0 Å². The molecule has 136 valence electrons. The molecule has 0 aromatic rings. The van der Waals surface area contributed by atoms with Crippen LogP contribution in [0.3, 0.4) is 0 Å². The molecule has 0 amide bonds. The van der Waals surface area contributed by atoms with Crippen molar-refractivity contribution in [2.24, 2.45) is 17.8 Å². The van der Waals surface area contributed by atoms with Gasteiger partial charge in [-0.15, -0.1) is 6.58 Å². The molecule has 0 aliphatic heterocycles. The predicted molar refractivity (Wildman–Crippen MR) is 93.6 cm³/mol. The predicted octanol–water partition coefficient (Wildman–Crippen LogP) is 4.73. The highest BCUT2D eigenvalue weighted by Gasteiger charge is 2.34. The highest BCUT2D eigenvalue weighted by atomic mass is 16.5. The quantitative estimate of drug-likeness (QED) is 0.376. The number of hydrogen-bond acceptors (Lipinski definition) is 3. The summed E-state index contributed by atoms with van der Waals surface area (Å²) in [4.78, 5) is 23.9. The van der Waals surface area contributed by atoms with Crippen LogP contribution in [0.2, 0.25) is 0 Å². The van der Waals surface area contributed by atoms with E-state index in [0.717, 1.165) is 64.2 Å². The third-order valence-corrected chi connectivity index (χ3v) is 5.78. The number of carboxylic acids is 1. The molecule has 0 aromatic heterocycles. The van der Waals surface area contributed by atoms with Gasteiger partial charge in [0.1, 0.15) is 6.10 Å². The van der Waals surface area contributed by atoms with Gasteiger partial charge in [0.15, 0.2) is 0 Å². The highest BCUT2D eigenvalue weighted by molar-refractivity contribution is 5.79. The number of ether oxygens (including phenoxy) is 1. The second-order valence-corrected chi connectivity index (χ2v) is 7.49. The standard InChI is InChI=1S/C20H32O4/c1-2-3-5-11-16-12-8-13-18(16)24-19(21)14-17(20(22)23)15-9-6-4-7-10-15/h2,15-18H,1,3-14H2,(H,22,23)/t16-,17+,18-/m1/s1. The van der Waals surface area contributed by atoms with Gasteiger partial charge in [-0.1, -0.05) is 25.3 Å². The van der Waals surface area contributed by atoms with Gasteiger partial charge < -0.3 is 9.84 Å².